The van der Waals surface area contributed by atoms with Gasteiger partial charge in [0.05, 0.1) is 12.4 Å². The fourth-order valence-electron chi connectivity index (χ4n) is 1.61. The first kappa shape index (κ1) is 14.6. The Kier molecular flexibility index (Phi) is 4.79. The number of nitrogens with zero attached hydrogens (tertiary/aromatic N) is 1. The molecule has 0 bridgehead atoms. The Hall–Kier alpha value is -1.82. The van der Waals surface area contributed by atoms with Crippen LogP contribution in [0.4, 0.5) is 5.82 Å². The SMILES string of the molecule is Cc1ccc(OCC(C)Nc2nc[nH]c(=O)c2Br)cc1. The van der Waals surface area contributed by atoms with Crippen LogP contribution in [0.3, 0.4) is 0 Å². The van der Waals surface area contributed by atoms with Gasteiger partial charge in [0.1, 0.15) is 22.6 Å². The second kappa shape index (κ2) is 6.56. The monoisotopic (exact) mass is 337 g/mol. The number of benzene rings is 1. The van der Waals surface area contributed by atoms with Gasteiger partial charge in [-0.05, 0) is 41.9 Å². The van der Waals surface area contributed by atoms with Crippen molar-refractivity contribution in [3.8, 4) is 5.75 Å². The molecule has 2 aromatic rings. The van der Waals surface area contributed by atoms with Crippen LogP contribution in [0.5, 0.6) is 5.75 Å². The maximum atomic E-state index is 11.4. The quantitative estimate of drug-likeness (QED) is 0.880. The second-order valence-corrected chi connectivity index (χ2v) is 5.36. The minimum absolute atomic E-state index is 0.0157. The zero-order valence-electron chi connectivity index (χ0n) is 11.3. The van der Waals surface area contributed by atoms with E-state index in [1.54, 1.807) is 0 Å². The van der Waals surface area contributed by atoms with Gasteiger partial charge in [0, 0.05) is 0 Å². The number of halogens is 1. The van der Waals surface area contributed by atoms with E-state index in [-0.39, 0.29) is 11.6 Å². The zero-order chi connectivity index (χ0) is 14.5. The average Bonchev–Trinajstić information content (AvgIpc) is 2.43. The van der Waals surface area contributed by atoms with E-state index in [0.717, 1.165) is 5.75 Å². The van der Waals surface area contributed by atoms with Crippen LogP contribution in [-0.4, -0.2) is 22.6 Å². The van der Waals surface area contributed by atoms with E-state index >= 15 is 0 Å². The highest BCUT2D eigenvalue weighted by Crippen LogP contribution is 2.15. The highest BCUT2D eigenvalue weighted by Gasteiger charge is 2.09. The summed E-state index contributed by atoms with van der Waals surface area (Å²) in [5.41, 5.74) is 0.981. The molecule has 0 aliphatic heterocycles. The minimum Gasteiger partial charge on any atom is -0.491 e. The van der Waals surface area contributed by atoms with Crippen molar-refractivity contribution in [2.45, 2.75) is 19.9 Å². The van der Waals surface area contributed by atoms with E-state index in [1.807, 2.05) is 38.1 Å². The number of hydrogen-bond donors (Lipinski definition) is 2. The molecule has 20 heavy (non-hydrogen) atoms. The third kappa shape index (κ3) is 3.84. The number of aromatic amines is 1. The van der Waals surface area contributed by atoms with Crippen molar-refractivity contribution < 1.29 is 4.74 Å². The van der Waals surface area contributed by atoms with E-state index in [9.17, 15) is 4.79 Å². The molecule has 0 aliphatic rings. The Morgan fingerprint density at radius 3 is 2.80 bits per heavy atom. The van der Waals surface area contributed by atoms with Crippen molar-refractivity contribution in [1.29, 1.82) is 0 Å². The molecule has 1 aromatic carbocycles. The van der Waals surface area contributed by atoms with Crippen LogP contribution in [0, 0.1) is 6.92 Å². The van der Waals surface area contributed by atoms with E-state index in [1.165, 1.54) is 11.9 Å². The molecule has 0 saturated carbocycles. The molecule has 5 nitrogen and oxygen atoms in total. The highest BCUT2D eigenvalue weighted by atomic mass is 79.9. The number of rotatable bonds is 5. The summed E-state index contributed by atoms with van der Waals surface area (Å²) in [5, 5.41) is 3.13. The summed E-state index contributed by atoms with van der Waals surface area (Å²) in [6, 6.07) is 7.89. The van der Waals surface area contributed by atoms with Gasteiger partial charge in [0.2, 0.25) is 0 Å². The Morgan fingerprint density at radius 2 is 2.10 bits per heavy atom. The van der Waals surface area contributed by atoms with Crippen molar-refractivity contribution in [2.75, 3.05) is 11.9 Å². The molecule has 1 aromatic heterocycles. The fourth-order valence-corrected chi connectivity index (χ4v) is 1.95. The van der Waals surface area contributed by atoms with E-state index in [4.69, 9.17) is 4.74 Å². The van der Waals surface area contributed by atoms with Gasteiger partial charge < -0.3 is 15.0 Å². The lowest BCUT2D eigenvalue weighted by Gasteiger charge is -2.16. The molecule has 2 rings (SSSR count). The third-order valence-electron chi connectivity index (χ3n) is 2.70. The van der Waals surface area contributed by atoms with Crippen LogP contribution in [0.1, 0.15) is 12.5 Å². The molecule has 0 saturated heterocycles. The first-order valence-corrected chi connectivity index (χ1v) is 7.05. The van der Waals surface area contributed by atoms with Gasteiger partial charge in [-0.1, -0.05) is 17.7 Å². The van der Waals surface area contributed by atoms with Crippen LogP contribution in [0.25, 0.3) is 0 Å². The van der Waals surface area contributed by atoms with Crippen molar-refractivity contribution in [2.24, 2.45) is 0 Å². The van der Waals surface area contributed by atoms with Crippen molar-refractivity contribution in [3.63, 3.8) is 0 Å². The summed E-state index contributed by atoms with van der Waals surface area (Å²) >= 11 is 3.20. The molecule has 1 atom stereocenters. The predicted molar refractivity (Wildman–Crippen MR) is 82.3 cm³/mol. The molecule has 106 valence electrons. The van der Waals surface area contributed by atoms with E-state index < -0.39 is 0 Å². The summed E-state index contributed by atoms with van der Waals surface area (Å²) in [7, 11) is 0. The summed E-state index contributed by atoms with van der Waals surface area (Å²) in [6.07, 6.45) is 1.36. The Morgan fingerprint density at radius 1 is 1.40 bits per heavy atom. The van der Waals surface area contributed by atoms with Crippen LogP contribution < -0.4 is 15.6 Å². The highest BCUT2D eigenvalue weighted by molar-refractivity contribution is 9.10. The van der Waals surface area contributed by atoms with E-state index in [0.29, 0.717) is 16.9 Å². The lowest BCUT2D eigenvalue weighted by Crippen LogP contribution is -2.25. The molecule has 0 fully saturated rings. The largest absolute Gasteiger partial charge is 0.491 e. The van der Waals surface area contributed by atoms with Gasteiger partial charge in [0.15, 0.2) is 0 Å². The maximum absolute atomic E-state index is 11.4. The number of aromatic nitrogens is 2. The molecule has 1 heterocycles. The molecular formula is C14H16BrN3O2. The first-order valence-electron chi connectivity index (χ1n) is 6.25. The van der Waals surface area contributed by atoms with Crippen LogP contribution >= 0.6 is 15.9 Å². The first-order chi connectivity index (χ1) is 9.56. The number of H-pyrrole nitrogens is 1. The molecular weight excluding hydrogens is 322 g/mol. The summed E-state index contributed by atoms with van der Waals surface area (Å²) in [5.74, 6) is 1.33. The molecule has 2 N–H and O–H groups in total. The average molecular weight is 338 g/mol. The number of nitrogens with one attached hydrogen (secondary N) is 2. The zero-order valence-corrected chi connectivity index (χ0v) is 12.9. The lowest BCUT2D eigenvalue weighted by atomic mass is 10.2. The summed E-state index contributed by atoms with van der Waals surface area (Å²) in [6.45, 7) is 4.47. The van der Waals surface area contributed by atoms with Crippen molar-refractivity contribution >= 4 is 21.7 Å². The number of ether oxygens (including phenoxy) is 1. The summed E-state index contributed by atoms with van der Waals surface area (Å²) < 4.78 is 6.06. The van der Waals surface area contributed by atoms with Gasteiger partial charge in [-0.3, -0.25) is 4.79 Å². The van der Waals surface area contributed by atoms with Gasteiger partial charge in [0.25, 0.3) is 5.56 Å². The maximum Gasteiger partial charge on any atom is 0.267 e. The van der Waals surface area contributed by atoms with Gasteiger partial charge >= 0.3 is 0 Å². The molecule has 0 radical (unpaired) electrons. The molecule has 1 unspecified atom stereocenters. The molecule has 0 aliphatic carbocycles. The Balaban J connectivity index is 1.92. The van der Waals surface area contributed by atoms with Crippen LogP contribution in [0.2, 0.25) is 0 Å². The second-order valence-electron chi connectivity index (χ2n) is 4.56. The lowest BCUT2D eigenvalue weighted by molar-refractivity contribution is 0.303. The minimum atomic E-state index is -0.214. The molecule has 6 heteroatoms. The van der Waals surface area contributed by atoms with Gasteiger partial charge in [-0.25, -0.2) is 4.98 Å². The van der Waals surface area contributed by atoms with Gasteiger partial charge in [-0.2, -0.15) is 0 Å². The predicted octanol–water partition coefficient (Wildman–Crippen LogP) is 2.72. The Labute approximate surface area is 125 Å². The number of anilines is 1. The topological polar surface area (TPSA) is 67.0 Å². The number of hydrogen-bond acceptors (Lipinski definition) is 4. The summed E-state index contributed by atoms with van der Waals surface area (Å²) in [4.78, 5) is 18.0. The smallest absolute Gasteiger partial charge is 0.267 e. The van der Waals surface area contributed by atoms with Crippen LogP contribution in [-0.2, 0) is 0 Å². The normalized spacial score (nSPS) is 11.9. The van der Waals surface area contributed by atoms with Crippen molar-refractivity contribution in [3.05, 3.63) is 51.0 Å². The Bertz CT molecular complexity index is 625. The molecule has 0 spiro atoms. The number of aryl methyl sites for hydroxylation is 1. The third-order valence-corrected chi connectivity index (χ3v) is 3.44. The molecule has 0 amide bonds. The van der Waals surface area contributed by atoms with E-state index in [2.05, 4.69) is 31.2 Å². The standard InChI is InChI=1S/C14H16BrN3O2/c1-9-3-5-11(6-4-9)20-7-10(2)18-13-12(15)14(19)17-8-16-13/h3-6,8,10H,7H2,1-2H3,(H2,16,17,18,19). The van der Waals surface area contributed by atoms with Gasteiger partial charge in [-0.15, -0.1) is 0 Å². The van der Waals surface area contributed by atoms with Crippen molar-refractivity contribution in [1.82, 2.24) is 9.97 Å². The van der Waals surface area contributed by atoms with Crippen LogP contribution in [0.15, 0.2) is 39.9 Å². The fraction of sp³-hybridized carbons (Fsp3) is 0.286.